The fourth-order valence-corrected chi connectivity index (χ4v) is 2.22. The number of aromatic nitrogens is 2. The van der Waals surface area contributed by atoms with Gasteiger partial charge < -0.3 is 11.1 Å². The second-order valence-electron chi connectivity index (χ2n) is 4.16. The molecule has 20 heavy (non-hydrogen) atoms. The number of nitrogens with zero attached hydrogens (tertiary/aromatic N) is 2. The third kappa shape index (κ3) is 2.35. The van der Waals surface area contributed by atoms with Gasteiger partial charge in [0.2, 0.25) is 11.5 Å². The quantitative estimate of drug-likeness (QED) is 0.752. The van der Waals surface area contributed by atoms with Gasteiger partial charge in [0, 0.05) is 10.2 Å². The van der Waals surface area contributed by atoms with Crippen LogP contribution in [0.4, 0.5) is 11.5 Å². The Morgan fingerprint density at radius 3 is 2.65 bits per heavy atom. The SMILES string of the molecule is Nc1nonc1C(=O)Nc1ccc2cc(Br)ccc2c1. The molecule has 3 rings (SSSR count). The summed E-state index contributed by atoms with van der Waals surface area (Å²) in [5.74, 6) is -0.493. The van der Waals surface area contributed by atoms with Gasteiger partial charge in [0.1, 0.15) is 0 Å². The largest absolute Gasteiger partial charge is 0.379 e. The molecule has 0 spiro atoms. The Kier molecular flexibility index (Phi) is 3.11. The highest BCUT2D eigenvalue weighted by Crippen LogP contribution is 2.23. The van der Waals surface area contributed by atoms with E-state index in [1.54, 1.807) is 6.07 Å². The van der Waals surface area contributed by atoms with Crippen LogP contribution in [-0.4, -0.2) is 16.2 Å². The Hall–Kier alpha value is -2.41. The number of nitrogens with one attached hydrogen (secondary N) is 1. The van der Waals surface area contributed by atoms with E-state index in [0.29, 0.717) is 5.69 Å². The molecule has 6 nitrogen and oxygen atoms in total. The van der Waals surface area contributed by atoms with Crippen molar-refractivity contribution in [2.75, 3.05) is 11.1 Å². The Morgan fingerprint density at radius 1 is 1.15 bits per heavy atom. The van der Waals surface area contributed by atoms with Crippen LogP contribution < -0.4 is 11.1 Å². The average Bonchev–Trinajstić information content (AvgIpc) is 2.85. The van der Waals surface area contributed by atoms with E-state index in [4.69, 9.17) is 5.73 Å². The first-order valence-electron chi connectivity index (χ1n) is 5.72. The van der Waals surface area contributed by atoms with Crippen LogP contribution in [-0.2, 0) is 0 Å². The Labute approximate surface area is 122 Å². The van der Waals surface area contributed by atoms with Gasteiger partial charge in [-0.25, -0.2) is 4.63 Å². The summed E-state index contributed by atoms with van der Waals surface area (Å²) >= 11 is 3.42. The number of carbonyl (C=O) groups excluding carboxylic acids is 1. The first kappa shape index (κ1) is 12.6. The molecule has 7 heteroatoms. The van der Waals surface area contributed by atoms with Gasteiger partial charge in [0.25, 0.3) is 5.91 Å². The number of amides is 1. The monoisotopic (exact) mass is 332 g/mol. The van der Waals surface area contributed by atoms with E-state index in [2.05, 4.69) is 36.2 Å². The smallest absolute Gasteiger partial charge is 0.281 e. The number of anilines is 2. The molecule has 0 unspecified atom stereocenters. The zero-order chi connectivity index (χ0) is 14.1. The summed E-state index contributed by atoms with van der Waals surface area (Å²) < 4.78 is 5.40. The molecule has 3 N–H and O–H groups in total. The Bertz CT molecular complexity index is 800. The molecule has 0 atom stereocenters. The zero-order valence-corrected chi connectivity index (χ0v) is 11.7. The summed E-state index contributed by atoms with van der Waals surface area (Å²) in [7, 11) is 0. The van der Waals surface area contributed by atoms with E-state index in [1.165, 1.54) is 0 Å². The molecular weight excluding hydrogens is 324 g/mol. The van der Waals surface area contributed by atoms with Crippen molar-refractivity contribution >= 4 is 44.1 Å². The normalized spacial score (nSPS) is 10.7. The predicted molar refractivity (Wildman–Crippen MR) is 78.3 cm³/mol. The molecule has 0 aliphatic heterocycles. The summed E-state index contributed by atoms with van der Waals surface area (Å²) in [5.41, 5.74) is 6.09. The van der Waals surface area contributed by atoms with Crippen LogP contribution in [0.15, 0.2) is 45.5 Å². The molecule has 0 aliphatic carbocycles. The number of benzene rings is 2. The molecule has 0 fully saturated rings. The lowest BCUT2D eigenvalue weighted by Crippen LogP contribution is -2.14. The van der Waals surface area contributed by atoms with Gasteiger partial charge in [-0.15, -0.1) is 0 Å². The van der Waals surface area contributed by atoms with Crippen LogP contribution in [0, 0.1) is 0 Å². The number of fused-ring (bicyclic) bond motifs is 1. The second kappa shape index (κ2) is 4.93. The van der Waals surface area contributed by atoms with Gasteiger partial charge in [-0.05, 0) is 45.4 Å². The number of nitrogens with two attached hydrogens (primary N) is 1. The first-order valence-corrected chi connectivity index (χ1v) is 6.51. The molecule has 3 aromatic rings. The molecule has 0 saturated heterocycles. The number of hydrogen-bond acceptors (Lipinski definition) is 5. The second-order valence-corrected chi connectivity index (χ2v) is 5.07. The van der Waals surface area contributed by atoms with Crippen LogP contribution in [0.25, 0.3) is 10.8 Å². The van der Waals surface area contributed by atoms with Crippen molar-refractivity contribution < 1.29 is 9.42 Å². The van der Waals surface area contributed by atoms with Crippen LogP contribution >= 0.6 is 15.9 Å². The lowest BCUT2D eigenvalue weighted by molar-refractivity contribution is 0.101. The molecule has 1 aromatic heterocycles. The van der Waals surface area contributed by atoms with Gasteiger partial charge in [0.05, 0.1) is 0 Å². The van der Waals surface area contributed by atoms with E-state index >= 15 is 0 Å². The summed E-state index contributed by atoms with van der Waals surface area (Å²) in [6.45, 7) is 0. The van der Waals surface area contributed by atoms with E-state index in [0.717, 1.165) is 15.2 Å². The number of carbonyl (C=O) groups is 1. The molecule has 0 aliphatic rings. The van der Waals surface area contributed by atoms with Crippen molar-refractivity contribution in [3.8, 4) is 0 Å². The maximum atomic E-state index is 11.9. The van der Waals surface area contributed by atoms with Crippen LogP contribution in [0.5, 0.6) is 0 Å². The first-order chi connectivity index (χ1) is 9.63. The standard InChI is InChI=1S/C13H9BrN4O2/c14-9-3-1-8-6-10(4-2-7(8)5-9)16-13(19)11-12(15)18-20-17-11/h1-6H,(H2,15,18)(H,16,19). The zero-order valence-electron chi connectivity index (χ0n) is 10.1. The van der Waals surface area contributed by atoms with Gasteiger partial charge in [0.15, 0.2) is 0 Å². The van der Waals surface area contributed by atoms with Crippen LogP contribution in [0.2, 0.25) is 0 Å². The molecule has 2 aromatic carbocycles. The Morgan fingerprint density at radius 2 is 1.90 bits per heavy atom. The minimum atomic E-state index is -0.458. The summed E-state index contributed by atoms with van der Waals surface area (Å²) in [6.07, 6.45) is 0. The minimum Gasteiger partial charge on any atom is -0.379 e. The van der Waals surface area contributed by atoms with Gasteiger partial charge in [-0.2, -0.15) is 0 Å². The Balaban J connectivity index is 1.90. The topological polar surface area (TPSA) is 94.0 Å². The minimum absolute atomic E-state index is 0.0269. The van der Waals surface area contributed by atoms with E-state index in [1.807, 2.05) is 30.3 Å². The maximum Gasteiger partial charge on any atom is 0.281 e. The fourth-order valence-electron chi connectivity index (χ4n) is 1.84. The lowest BCUT2D eigenvalue weighted by atomic mass is 10.1. The van der Waals surface area contributed by atoms with Crippen LogP contribution in [0.3, 0.4) is 0 Å². The summed E-state index contributed by atoms with van der Waals surface area (Å²) in [5, 5.41) is 11.6. The highest BCUT2D eigenvalue weighted by molar-refractivity contribution is 9.10. The van der Waals surface area contributed by atoms with Crippen molar-refractivity contribution in [3.05, 3.63) is 46.6 Å². The number of rotatable bonds is 2. The molecule has 1 amide bonds. The fraction of sp³-hybridized carbons (Fsp3) is 0. The van der Waals surface area contributed by atoms with Gasteiger partial charge >= 0.3 is 0 Å². The lowest BCUT2D eigenvalue weighted by Gasteiger charge is -2.05. The highest BCUT2D eigenvalue weighted by atomic mass is 79.9. The van der Waals surface area contributed by atoms with E-state index in [9.17, 15) is 4.79 Å². The third-order valence-electron chi connectivity index (χ3n) is 2.79. The molecule has 1 heterocycles. The molecule has 0 radical (unpaired) electrons. The van der Waals surface area contributed by atoms with Crippen LogP contribution in [0.1, 0.15) is 10.5 Å². The van der Waals surface area contributed by atoms with E-state index < -0.39 is 5.91 Å². The van der Waals surface area contributed by atoms with Crippen molar-refractivity contribution in [2.24, 2.45) is 0 Å². The molecule has 100 valence electrons. The number of hydrogen-bond donors (Lipinski definition) is 2. The number of nitrogen functional groups attached to an aromatic ring is 1. The third-order valence-corrected chi connectivity index (χ3v) is 3.28. The highest BCUT2D eigenvalue weighted by Gasteiger charge is 2.16. The maximum absolute atomic E-state index is 11.9. The molecule has 0 bridgehead atoms. The van der Waals surface area contributed by atoms with Gasteiger partial charge in [-0.3, -0.25) is 4.79 Å². The predicted octanol–water partition coefficient (Wildman–Crippen LogP) is 2.82. The van der Waals surface area contributed by atoms with E-state index in [-0.39, 0.29) is 11.5 Å². The summed E-state index contributed by atoms with van der Waals surface area (Å²) in [6, 6.07) is 11.5. The van der Waals surface area contributed by atoms with Crippen molar-refractivity contribution in [1.29, 1.82) is 0 Å². The van der Waals surface area contributed by atoms with Crippen molar-refractivity contribution in [3.63, 3.8) is 0 Å². The van der Waals surface area contributed by atoms with Crippen molar-refractivity contribution in [1.82, 2.24) is 10.3 Å². The van der Waals surface area contributed by atoms with Gasteiger partial charge in [-0.1, -0.05) is 28.1 Å². The number of halogens is 1. The van der Waals surface area contributed by atoms with Crippen molar-refractivity contribution in [2.45, 2.75) is 0 Å². The molecular formula is C13H9BrN4O2. The summed E-state index contributed by atoms with van der Waals surface area (Å²) in [4.78, 5) is 11.9. The average molecular weight is 333 g/mol. The molecule has 0 saturated carbocycles.